The number of nitrogens with zero attached hydrogens (tertiary/aromatic N) is 5. The van der Waals surface area contributed by atoms with E-state index in [2.05, 4.69) is 15.7 Å². The van der Waals surface area contributed by atoms with Crippen molar-refractivity contribution in [2.45, 2.75) is 78.7 Å². The molecule has 2 aliphatic heterocycles. The van der Waals surface area contributed by atoms with Gasteiger partial charge in [-0.2, -0.15) is 5.10 Å². The van der Waals surface area contributed by atoms with E-state index in [0.717, 1.165) is 59.5 Å². The fourth-order valence-corrected chi connectivity index (χ4v) is 5.83. The normalized spacial score (nSPS) is 16.1. The molecule has 6 rings (SSSR count). The van der Waals surface area contributed by atoms with Gasteiger partial charge in [-0.3, -0.25) is 4.79 Å². The molecule has 0 radical (unpaired) electrons. The number of anilines is 2. The van der Waals surface area contributed by atoms with Gasteiger partial charge in [-0.25, -0.2) is 19.4 Å². The van der Waals surface area contributed by atoms with Crippen molar-refractivity contribution in [3.8, 4) is 28.3 Å². The standard InChI is InChI=1S/C38H47N7O5/c1-25(2)20-39-33(46)24-49-30-10-8-9-27(19-30)35-42-32-16-17-44(37(47)50-38(3,4)5)23-31(32)36(43-35)41-29-14-12-26(13-15-29)28-21-40-45(22-28)34-11-6-7-18-48-34/h8-10,12-15,19,21-22,25,34H,6-7,11,16-18,20,23-24H2,1-5H3,(H,39,46)(H,41,42,43). The van der Waals surface area contributed by atoms with Crippen molar-refractivity contribution in [2.75, 3.05) is 31.6 Å². The van der Waals surface area contributed by atoms with Crippen LogP contribution < -0.4 is 15.4 Å². The van der Waals surface area contributed by atoms with Crippen LogP contribution in [-0.4, -0.2) is 68.6 Å². The summed E-state index contributed by atoms with van der Waals surface area (Å²) in [4.78, 5) is 36.9. The van der Waals surface area contributed by atoms with Gasteiger partial charge in [0.15, 0.2) is 12.4 Å². The Bertz CT molecular complexity index is 1790. The fourth-order valence-electron chi connectivity index (χ4n) is 5.83. The Labute approximate surface area is 293 Å². The fraction of sp³-hybridized carbons (Fsp3) is 0.447. The zero-order valence-electron chi connectivity index (χ0n) is 29.6. The summed E-state index contributed by atoms with van der Waals surface area (Å²) in [5.41, 5.74) is 4.71. The number of carbonyl (C=O) groups excluding carboxylic acids is 2. The molecule has 2 amide bonds. The number of benzene rings is 2. The Morgan fingerprint density at radius 2 is 1.86 bits per heavy atom. The molecule has 4 aromatic rings. The second kappa shape index (κ2) is 15.3. The lowest BCUT2D eigenvalue weighted by molar-refractivity contribution is -0.123. The highest BCUT2D eigenvalue weighted by atomic mass is 16.6. The molecule has 1 saturated heterocycles. The van der Waals surface area contributed by atoms with E-state index in [9.17, 15) is 9.59 Å². The lowest BCUT2D eigenvalue weighted by atomic mass is 10.0. The largest absolute Gasteiger partial charge is 0.484 e. The predicted octanol–water partition coefficient (Wildman–Crippen LogP) is 6.89. The molecule has 1 unspecified atom stereocenters. The summed E-state index contributed by atoms with van der Waals surface area (Å²) in [6.07, 6.45) is 7.25. The van der Waals surface area contributed by atoms with Crippen LogP contribution in [0, 0.1) is 5.92 Å². The summed E-state index contributed by atoms with van der Waals surface area (Å²) in [6.45, 7) is 11.7. The predicted molar refractivity (Wildman–Crippen MR) is 191 cm³/mol. The minimum Gasteiger partial charge on any atom is -0.484 e. The van der Waals surface area contributed by atoms with E-state index in [-0.39, 0.29) is 24.8 Å². The third-order valence-corrected chi connectivity index (χ3v) is 8.41. The molecule has 0 spiro atoms. The van der Waals surface area contributed by atoms with Crippen LogP contribution in [0.15, 0.2) is 60.9 Å². The second-order valence-electron chi connectivity index (χ2n) is 14.2. The van der Waals surface area contributed by atoms with Gasteiger partial charge >= 0.3 is 6.09 Å². The molecular weight excluding hydrogens is 634 g/mol. The van der Waals surface area contributed by atoms with E-state index < -0.39 is 5.60 Å². The van der Waals surface area contributed by atoms with Crippen LogP contribution in [0.2, 0.25) is 0 Å². The number of fused-ring (bicyclic) bond motifs is 1. The van der Waals surface area contributed by atoms with E-state index in [1.54, 1.807) is 4.90 Å². The lowest BCUT2D eigenvalue weighted by Crippen LogP contribution is -2.40. The Hall–Kier alpha value is -4.97. The monoisotopic (exact) mass is 681 g/mol. The SMILES string of the molecule is CC(C)CNC(=O)COc1cccc(-c2nc3c(c(Nc4ccc(-c5cnn(C6CCCCO6)c5)cc4)n2)CN(C(=O)OC(C)(C)C)CC3)c1. The van der Waals surface area contributed by atoms with E-state index in [1.165, 1.54) is 0 Å². The van der Waals surface area contributed by atoms with Gasteiger partial charge in [-0.1, -0.05) is 38.1 Å². The summed E-state index contributed by atoms with van der Waals surface area (Å²) >= 11 is 0. The summed E-state index contributed by atoms with van der Waals surface area (Å²) in [7, 11) is 0. The van der Waals surface area contributed by atoms with E-state index in [0.29, 0.717) is 49.4 Å². The molecule has 0 aliphatic carbocycles. The topological polar surface area (TPSA) is 133 Å². The number of hydrogen-bond donors (Lipinski definition) is 2. The first kappa shape index (κ1) is 34.9. The van der Waals surface area contributed by atoms with Gasteiger partial charge in [0.2, 0.25) is 0 Å². The lowest BCUT2D eigenvalue weighted by Gasteiger charge is -2.31. The maximum absolute atomic E-state index is 13.1. The van der Waals surface area contributed by atoms with Crippen LogP contribution in [-0.2, 0) is 27.2 Å². The van der Waals surface area contributed by atoms with Crippen molar-refractivity contribution < 1.29 is 23.8 Å². The Kier molecular flexibility index (Phi) is 10.7. The molecule has 2 N–H and O–H groups in total. The van der Waals surface area contributed by atoms with Crippen molar-refractivity contribution in [2.24, 2.45) is 5.92 Å². The van der Waals surface area contributed by atoms with Gasteiger partial charge in [0.1, 0.15) is 23.4 Å². The molecule has 1 fully saturated rings. The van der Waals surface area contributed by atoms with Crippen molar-refractivity contribution in [3.05, 3.63) is 72.2 Å². The maximum atomic E-state index is 13.1. The van der Waals surface area contributed by atoms with Crippen molar-refractivity contribution in [1.29, 1.82) is 0 Å². The first-order chi connectivity index (χ1) is 24.0. The molecule has 0 saturated carbocycles. The highest BCUT2D eigenvalue weighted by Gasteiger charge is 2.29. The van der Waals surface area contributed by atoms with Gasteiger partial charge in [0.25, 0.3) is 5.91 Å². The first-order valence-electron chi connectivity index (χ1n) is 17.4. The van der Waals surface area contributed by atoms with Crippen LogP contribution >= 0.6 is 0 Å². The van der Waals surface area contributed by atoms with E-state index in [4.69, 9.17) is 24.2 Å². The van der Waals surface area contributed by atoms with E-state index in [1.807, 2.05) is 100 Å². The highest BCUT2D eigenvalue weighted by Crippen LogP contribution is 2.32. The molecule has 2 aromatic heterocycles. The number of nitrogens with one attached hydrogen (secondary N) is 2. The number of aromatic nitrogens is 4. The van der Waals surface area contributed by atoms with Crippen molar-refractivity contribution in [1.82, 2.24) is 30.0 Å². The molecule has 1 atom stereocenters. The molecule has 4 heterocycles. The third-order valence-electron chi connectivity index (χ3n) is 8.41. The van der Waals surface area contributed by atoms with Crippen LogP contribution in [0.5, 0.6) is 5.75 Å². The van der Waals surface area contributed by atoms with Crippen LogP contribution in [0.3, 0.4) is 0 Å². The maximum Gasteiger partial charge on any atom is 0.410 e. The Morgan fingerprint density at radius 1 is 1.04 bits per heavy atom. The minimum absolute atomic E-state index is 0.0155. The zero-order chi connectivity index (χ0) is 35.3. The summed E-state index contributed by atoms with van der Waals surface area (Å²) in [6, 6.07) is 15.5. The summed E-state index contributed by atoms with van der Waals surface area (Å²) in [5, 5.41) is 10.9. The van der Waals surface area contributed by atoms with Crippen LogP contribution in [0.25, 0.3) is 22.5 Å². The third kappa shape index (κ3) is 8.97. The number of amides is 2. The molecule has 12 nitrogen and oxygen atoms in total. The molecule has 50 heavy (non-hydrogen) atoms. The van der Waals surface area contributed by atoms with Crippen molar-refractivity contribution in [3.63, 3.8) is 0 Å². The van der Waals surface area contributed by atoms with Gasteiger partial charge in [0.05, 0.1) is 18.4 Å². The van der Waals surface area contributed by atoms with Gasteiger partial charge < -0.3 is 29.7 Å². The molecule has 2 aromatic carbocycles. The molecule has 12 heteroatoms. The smallest absolute Gasteiger partial charge is 0.410 e. The second-order valence-corrected chi connectivity index (χ2v) is 14.2. The van der Waals surface area contributed by atoms with Crippen LogP contribution in [0.1, 0.15) is 71.4 Å². The molecule has 0 bridgehead atoms. The highest BCUT2D eigenvalue weighted by molar-refractivity contribution is 5.77. The van der Waals surface area contributed by atoms with Gasteiger partial charge in [-0.05, 0) is 75.8 Å². The number of ether oxygens (including phenoxy) is 3. The average Bonchev–Trinajstić information content (AvgIpc) is 3.60. The van der Waals surface area contributed by atoms with Crippen LogP contribution in [0.4, 0.5) is 16.3 Å². The molecule has 264 valence electrons. The minimum atomic E-state index is -0.608. The molecule has 2 aliphatic rings. The Morgan fingerprint density at radius 3 is 2.60 bits per heavy atom. The average molecular weight is 682 g/mol. The first-order valence-corrected chi connectivity index (χ1v) is 17.4. The van der Waals surface area contributed by atoms with Gasteiger partial charge in [0, 0.05) is 54.7 Å². The molecular formula is C38H47N7O5. The van der Waals surface area contributed by atoms with Gasteiger partial charge in [-0.15, -0.1) is 0 Å². The summed E-state index contributed by atoms with van der Waals surface area (Å²) in [5.74, 6) is 1.84. The van der Waals surface area contributed by atoms with Crippen molar-refractivity contribution >= 4 is 23.5 Å². The number of hydrogen-bond acceptors (Lipinski definition) is 9. The number of carbonyl (C=O) groups is 2. The number of rotatable bonds is 10. The zero-order valence-corrected chi connectivity index (χ0v) is 29.6. The Balaban J connectivity index is 1.25. The quantitative estimate of drug-likeness (QED) is 0.184. The summed E-state index contributed by atoms with van der Waals surface area (Å²) < 4.78 is 19.3. The van der Waals surface area contributed by atoms with E-state index >= 15 is 0 Å².